The Morgan fingerprint density at radius 3 is 1.94 bits per heavy atom. The molecule has 6 aromatic rings. The van der Waals surface area contributed by atoms with Gasteiger partial charge in [0.2, 0.25) is 0 Å². The van der Waals surface area contributed by atoms with Crippen molar-refractivity contribution in [1.29, 1.82) is 0 Å². The minimum atomic E-state index is 0.491. The molecule has 0 fully saturated rings. The summed E-state index contributed by atoms with van der Waals surface area (Å²) in [6.45, 7) is 0. The molecular formula is C39H33N5O4. The molecule has 9 heteroatoms. The van der Waals surface area contributed by atoms with E-state index in [0.717, 1.165) is 50.5 Å². The molecule has 0 spiro atoms. The number of fused-ring (bicyclic) bond motifs is 9. The standard InChI is InChI=1S/C30H26N4O4.C9H7N/c1-35-25-17-23-15-21-11-10-19(31-21)14-20-12-13-22(32-20)16-24-26(18-8-6-5-7-9-18)29(36-2)28(34(24)38-4)30(37-3)27(25)33-23;1-2-6-9-8(4-1)5-3-7-10-9/h5-17,33H,1-4H3;1-7H. The highest BCUT2D eigenvalue weighted by atomic mass is 16.6. The average molecular weight is 636 g/mol. The van der Waals surface area contributed by atoms with Crippen molar-refractivity contribution in [2.45, 2.75) is 0 Å². The van der Waals surface area contributed by atoms with Gasteiger partial charge in [0.1, 0.15) is 18.4 Å². The van der Waals surface area contributed by atoms with Crippen LogP contribution in [-0.4, -0.2) is 53.1 Å². The third-order valence-corrected chi connectivity index (χ3v) is 8.00. The monoisotopic (exact) mass is 635 g/mol. The van der Waals surface area contributed by atoms with Crippen LogP contribution in [0.2, 0.25) is 0 Å². The molecule has 0 radical (unpaired) electrons. The summed E-state index contributed by atoms with van der Waals surface area (Å²) in [7, 11) is 6.49. The van der Waals surface area contributed by atoms with E-state index in [9.17, 15) is 0 Å². The Kier molecular flexibility index (Phi) is 8.32. The first-order valence-electron chi connectivity index (χ1n) is 15.3. The van der Waals surface area contributed by atoms with E-state index in [2.05, 4.69) is 22.1 Å². The second-order valence-corrected chi connectivity index (χ2v) is 10.9. The lowest BCUT2D eigenvalue weighted by Crippen LogP contribution is -2.06. The first kappa shape index (κ1) is 30.3. The van der Waals surface area contributed by atoms with E-state index in [1.54, 1.807) is 33.2 Å². The number of nitrogens with zero attached hydrogens (tertiary/aromatic N) is 4. The largest absolute Gasteiger partial charge is 0.494 e. The zero-order valence-corrected chi connectivity index (χ0v) is 27.0. The number of rotatable bonds is 5. The van der Waals surface area contributed by atoms with Crippen LogP contribution in [0.1, 0.15) is 22.8 Å². The van der Waals surface area contributed by atoms with Crippen molar-refractivity contribution in [3.8, 4) is 28.4 Å². The molecule has 2 aliphatic heterocycles. The van der Waals surface area contributed by atoms with Gasteiger partial charge in [-0.25, -0.2) is 9.97 Å². The van der Waals surface area contributed by atoms with Gasteiger partial charge in [0, 0.05) is 23.2 Å². The van der Waals surface area contributed by atoms with E-state index in [4.69, 9.17) is 29.0 Å². The number of H-pyrrole nitrogens is 1. The average Bonchev–Trinajstić information content (AvgIpc) is 3.92. The number of hydrogen-bond acceptors (Lipinski definition) is 7. The molecule has 2 aromatic carbocycles. The van der Waals surface area contributed by atoms with Crippen molar-refractivity contribution in [1.82, 2.24) is 24.7 Å². The summed E-state index contributed by atoms with van der Waals surface area (Å²) in [6.07, 6.45) is 9.68. The van der Waals surface area contributed by atoms with E-state index in [1.807, 2.05) is 109 Å². The maximum absolute atomic E-state index is 6.06. The number of nitrogens with one attached hydrogen (secondary N) is 1. The molecule has 8 rings (SSSR count). The smallest absolute Gasteiger partial charge is 0.177 e. The van der Waals surface area contributed by atoms with Gasteiger partial charge in [-0.05, 0) is 60.2 Å². The molecule has 0 saturated heterocycles. The van der Waals surface area contributed by atoms with Crippen molar-refractivity contribution in [3.05, 3.63) is 120 Å². The number of benzene rings is 2. The highest BCUT2D eigenvalue weighted by Crippen LogP contribution is 2.45. The number of para-hydroxylation sites is 1. The number of aromatic nitrogens is 5. The second-order valence-electron chi connectivity index (χ2n) is 10.9. The van der Waals surface area contributed by atoms with Gasteiger partial charge >= 0.3 is 0 Å². The Morgan fingerprint density at radius 1 is 0.625 bits per heavy atom. The molecular weight excluding hydrogens is 602 g/mol. The molecule has 0 unspecified atom stereocenters. The lowest BCUT2D eigenvalue weighted by molar-refractivity contribution is 0.187. The van der Waals surface area contributed by atoms with Gasteiger partial charge in [-0.3, -0.25) is 4.98 Å². The van der Waals surface area contributed by atoms with Crippen LogP contribution in [0.3, 0.4) is 0 Å². The molecule has 1 N–H and O–H groups in total. The third-order valence-electron chi connectivity index (χ3n) is 8.00. The second kappa shape index (κ2) is 13.2. The number of pyridine rings is 1. The molecule has 8 bridgehead atoms. The van der Waals surface area contributed by atoms with Crippen LogP contribution in [0.5, 0.6) is 17.2 Å². The van der Waals surface area contributed by atoms with Gasteiger partial charge in [-0.15, -0.1) is 0 Å². The summed E-state index contributed by atoms with van der Waals surface area (Å²) in [4.78, 5) is 23.1. The van der Waals surface area contributed by atoms with Gasteiger partial charge in [-0.1, -0.05) is 54.6 Å². The molecule has 0 saturated carbocycles. The molecule has 48 heavy (non-hydrogen) atoms. The molecule has 6 heterocycles. The predicted octanol–water partition coefficient (Wildman–Crippen LogP) is 8.12. The fraction of sp³-hybridized carbons (Fsp3) is 0.103. The van der Waals surface area contributed by atoms with Crippen molar-refractivity contribution in [3.63, 3.8) is 0 Å². The van der Waals surface area contributed by atoms with Crippen LogP contribution < -0.4 is 19.0 Å². The summed E-state index contributed by atoms with van der Waals surface area (Å²) in [5.41, 5.74) is 8.86. The normalized spacial score (nSPS) is 11.6. The fourth-order valence-corrected chi connectivity index (χ4v) is 5.90. The van der Waals surface area contributed by atoms with Crippen LogP contribution in [0.25, 0.3) is 68.4 Å². The highest BCUT2D eigenvalue weighted by Gasteiger charge is 2.25. The van der Waals surface area contributed by atoms with Crippen LogP contribution in [0.4, 0.5) is 0 Å². The molecule has 9 nitrogen and oxygen atoms in total. The molecule has 0 amide bonds. The minimum Gasteiger partial charge on any atom is -0.494 e. The Morgan fingerprint density at radius 2 is 1.27 bits per heavy atom. The third kappa shape index (κ3) is 5.73. The Bertz CT molecular complexity index is 2290. The van der Waals surface area contributed by atoms with E-state index in [-0.39, 0.29) is 0 Å². The SMILES string of the molecule is COc1cc2cc3nc(cc4nc(cc5c(-c6ccccc6)c(OC)c(c(OC)c1[nH]2)n5OC)C=C4)C=C3.c1ccc2ncccc2c1. The maximum atomic E-state index is 6.06. The molecule has 238 valence electrons. The summed E-state index contributed by atoms with van der Waals surface area (Å²) < 4.78 is 19.5. The topological polar surface area (TPSA) is 96.3 Å². The van der Waals surface area contributed by atoms with Crippen molar-refractivity contribution >= 4 is 57.3 Å². The van der Waals surface area contributed by atoms with Crippen LogP contribution in [0, 0.1) is 0 Å². The summed E-state index contributed by atoms with van der Waals surface area (Å²) in [5.74, 6) is 1.69. The van der Waals surface area contributed by atoms with Crippen LogP contribution in [0.15, 0.2) is 97.2 Å². The number of hydrogen-bond donors (Lipinski definition) is 1. The summed E-state index contributed by atoms with van der Waals surface area (Å²) >= 11 is 0. The fourth-order valence-electron chi connectivity index (χ4n) is 5.90. The van der Waals surface area contributed by atoms with E-state index >= 15 is 0 Å². The Labute approximate surface area is 277 Å². The molecule has 0 aliphatic carbocycles. The number of aromatic amines is 1. The van der Waals surface area contributed by atoms with Gasteiger partial charge in [-0.2, -0.15) is 4.73 Å². The lowest BCUT2D eigenvalue weighted by Gasteiger charge is -2.09. The summed E-state index contributed by atoms with van der Waals surface area (Å²) in [5, 5.41) is 1.20. The van der Waals surface area contributed by atoms with Gasteiger partial charge in [0.15, 0.2) is 17.0 Å². The van der Waals surface area contributed by atoms with Crippen LogP contribution in [-0.2, 0) is 0 Å². The molecule has 0 atom stereocenters. The van der Waals surface area contributed by atoms with E-state index < -0.39 is 0 Å². The van der Waals surface area contributed by atoms with Gasteiger partial charge in [0.25, 0.3) is 0 Å². The number of methoxy groups -OCH3 is 3. The lowest BCUT2D eigenvalue weighted by atomic mass is 10.1. The van der Waals surface area contributed by atoms with Crippen molar-refractivity contribution in [2.75, 3.05) is 28.4 Å². The quantitative estimate of drug-likeness (QED) is 0.204. The highest BCUT2D eigenvalue weighted by molar-refractivity contribution is 5.99. The Balaban J connectivity index is 0.000000310. The minimum absolute atomic E-state index is 0.491. The predicted molar refractivity (Wildman–Crippen MR) is 192 cm³/mol. The first-order chi connectivity index (χ1) is 23.6. The van der Waals surface area contributed by atoms with E-state index in [0.29, 0.717) is 28.3 Å². The van der Waals surface area contributed by atoms with E-state index in [1.165, 1.54) is 5.39 Å². The molecule has 2 aliphatic rings. The van der Waals surface area contributed by atoms with Crippen molar-refractivity contribution in [2.24, 2.45) is 0 Å². The zero-order chi connectivity index (χ0) is 33.0. The van der Waals surface area contributed by atoms with Crippen molar-refractivity contribution < 1.29 is 19.0 Å². The summed E-state index contributed by atoms with van der Waals surface area (Å²) in [6, 6.07) is 29.9. The molecule has 4 aromatic heterocycles. The maximum Gasteiger partial charge on any atom is 0.177 e. The number of ether oxygens (including phenoxy) is 3. The Hall–Kier alpha value is -6.35. The van der Waals surface area contributed by atoms with Crippen LogP contribution >= 0.6 is 0 Å². The zero-order valence-electron chi connectivity index (χ0n) is 27.0. The first-order valence-corrected chi connectivity index (χ1v) is 15.3. The van der Waals surface area contributed by atoms with Gasteiger partial charge in [0.05, 0.1) is 60.7 Å². The van der Waals surface area contributed by atoms with Gasteiger partial charge < -0.3 is 24.0 Å².